The number of carbonyl (C=O) groups is 1. The molecular weight excluding hydrogens is 672 g/mol. The van der Waals surface area contributed by atoms with E-state index in [0.29, 0.717) is 62.8 Å². The molecule has 4 heterocycles. The standard InChI is InChI=1S/C39H50N2O11/c1-40-13-15-41(16-14-40)12-8-6-7-9-17-47-37-36(46-5)32(45-4)22-49-39(37)52-35-26-20-30(44-3)29(43-2)19-25(26)33(34-27(35)21-48-38(34)42)24-10-11-28-31(18-24)51-23-50-28/h10-11,18-20,32,36-37,39H,6-9,12-17,21-23H2,1-5H3/t32-,36+,37-,39+/m1/s1. The molecule has 282 valence electrons. The van der Waals surface area contributed by atoms with Gasteiger partial charge in [0.2, 0.25) is 13.1 Å². The third-order valence-corrected chi connectivity index (χ3v) is 10.5. The summed E-state index contributed by atoms with van der Waals surface area (Å²) in [6.07, 6.45) is 1.94. The van der Waals surface area contributed by atoms with Gasteiger partial charge in [-0.15, -0.1) is 0 Å². The number of likely N-dealkylation sites (N-methyl/N-ethyl adjacent to an activating group) is 1. The molecule has 0 aromatic heterocycles. The van der Waals surface area contributed by atoms with Gasteiger partial charge in [-0.25, -0.2) is 4.79 Å². The number of cyclic esters (lactones) is 1. The second-order valence-electron chi connectivity index (χ2n) is 13.6. The Morgan fingerprint density at radius 1 is 0.788 bits per heavy atom. The number of ether oxygens (including phenoxy) is 10. The maximum absolute atomic E-state index is 13.6. The molecule has 0 saturated carbocycles. The number of piperazine rings is 1. The number of rotatable bonds is 15. The fourth-order valence-electron chi connectivity index (χ4n) is 7.60. The molecule has 0 aliphatic carbocycles. The lowest BCUT2D eigenvalue weighted by molar-refractivity contribution is -0.264. The molecule has 13 heteroatoms. The first-order valence-electron chi connectivity index (χ1n) is 18.1. The summed E-state index contributed by atoms with van der Waals surface area (Å²) in [5.41, 5.74) is 2.42. The van der Waals surface area contributed by atoms with Crippen LogP contribution in [-0.4, -0.2) is 129 Å². The van der Waals surface area contributed by atoms with Crippen LogP contribution in [0.4, 0.5) is 0 Å². The van der Waals surface area contributed by atoms with Gasteiger partial charge in [0.25, 0.3) is 0 Å². The number of carbonyl (C=O) groups excluding carboxylic acids is 1. The quantitative estimate of drug-likeness (QED) is 0.157. The summed E-state index contributed by atoms with van der Waals surface area (Å²) in [7, 11) is 8.62. The highest BCUT2D eigenvalue weighted by Crippen LogP contribution is 2.49. The van der Waals surface area contributed by atoms with E-state index in [1.165, 1.54) is 6.42 Å². The van der Waals surface area contributed by atoms with Crippen molar-refractivity contribution >= 4 is 16.7 Å². The molecule has 2 saturated heterocycles. The summed E-state index contributed by atoms with van der Waals surface area (Å²) >= 11 is 0. The molecule has 3 aromatic carbocycles. The Morgan fingerprint density at radius 2 is 1.54 bits per heavy atom. The van der Waals surface area contributed by atoms with Crippen LogP contribution in [0.2, 0.25) is 0 Å². The van der Waals surface area contributed by atoms with Crippen molar-refractivity contribution < 1.29 is 52.2 Å². The zero-order valence-electron chi connectivity index (χ0n) is 30.8. The monoisotopic (exact) mass is 722 g/mol. The zero-order chi connectivity index (χ0) is 36.2. The molecule has 2 fully saturated rings. The molecule has 0 N–H and O–H groups in total. The van der Waals surface area contributed by atoms with E-state index in [0.717, 1.165) is 57.5 Å². The number of hydrogen-bond donors (Lipinski definition) is 0. The van der Waals surface area contributed by atoms with Gasteiger partial charge in [-0.05, 0) is 61.6 Å². The van der Waals surface area contributed by atoms with Gasteiger partial charge in [0, 0.05) is 63.5 Å². The van der Waals surface area contributed by atoms with E-state index in [1.54, 1.807) is 28.4 Å². The highest BCUT2D eigenvalue weighted by molar-refractivity contribution is 6.14. The topological polar surface area (TPSA) is 116 Å². The van der Waals surface area contributed by atoms with Crippen molar-refractivity contribution in [1.29, 1.82) is 0 Å². The van der Waals surface area contributed by atoms with Gasteiger partial charge in [0.05, 0.1) is 26.4 Å². The minimum atomic E-state index is -0.874. The first kappa shape index (κ1) is 36.5. The number of benzene rings is 3. The predicted molar refractivity (Wildman–Crippen MR) is 192 cm³/mol. The molecule has 52 heavy (non-hydrogen) atoms. The average molecular weight is 723 g/mol. The summed E-state index contributed by atoms with van der Waals surface area (Å²) in [5, 5.41) is 1.39. The number of esters is 1. The number of nitrogens with zero attached hydrogens (tertiary/aromatic N) is 2. The number of hydrogen-bond acceptors (Lipinski definition) is 13. The summed E-state index contributed by atoms with van der Waals surface area (Å²) in [5.74, 6) is 2.21. The molecular formula is C39H50N2O11. The second kappa shape index (κ2) is 16.4. The van der Waals surface area contributed by atoms with Gasteiger partial charge >= 0.3 is 5.97 Å². The average Bonchev–Trinajstić information content (AvgIpc) is 3.80. The molecule has 4 aliphatic heterocycles. The molecule has 3 aromatic rings. The smallest absolute Gasteiger partial charge is 0.339 e. The summed E-state index contributed by atoms with van der Waals surface area (Å²) in [6.45, 7) is 6.58. The first-order chi connectivity index (χ1) is 25.4. The van der Waals surface area contributed by atoms with Crippen LogP contribution in [0, 0.1) is 0 Å². The van der Waals surface area contributed by atoms with Crippen molar-refractivity contribution in [2.24, 2.45) is 0 Å². The van der Waals surface area contributed by atoms with E-state index < -0.39 is 24.5 Å². The lowest BCUT2D eigenvalue weighted by Gasteiger charge is -2.41. The Hall–Kier alpha value is -3.85. The normalized spacial score (nSPS) is 23.1. The summed E-state index contributed by atoms with van der Waals surface area (Å²) in [4.78, 5) is 18.5. The van der Waals surface area contributed by atoms with Crippen LogP contribution in [0.15, 0.2) is 30.3 Å². The van der Waals surface area contributed by atoms with Crippen molar-refractivity contribution in [3.63, 3.8) is 0 Å². The molecule has 0 spiro atoms. The van der Waals surface area contributed by atoms with E-state index in [9.17, 15) is 4.79 Å². The van der Waals surface area contributed by atoms with E-state index >= 15 is 0 Å². The number of unbranched alkanes of at least 4 members (excludes halogenated alkanes) is 3. The van der Waals surface area contributed by atoms with Crippen molar-refractivity contribution in [2.75, 3.05) is 88.2 Å². The lowest BCUT2D eigenvalue weighted by atomic mass is 9.89. The molecule has 0 unspecified atom stereocenters. The predicted octanol–water partition coefficient (Wildman–Crippen LogP) is 4.88. The lowest BCUT2D eigenvalue weighted by Crippen LogP contribution is -2.57. The SMILES string of the molecule is COc1cc2c(O[C@@H]3OC[C@@H](OC)[C@H](OC)[C@H]3OCCCCCCN3CCN(C)CC3)c3c(c(-c4ccc5c(c4)OCO5)c2cc1OC)C(=O)OC3. The molecule has 7 rings (SSSR count). The van der Waals surface area contributed by atoms with E-state index in [4.69, 9.17) is 47.4 Å². The number of fused-ring (bicyclic) bond motifs is 3. The maximum Gasteiger partial charge on any atom is 0.339 e. The number of methoxy groups -OCH3 is 4. The van der Waals surface area contributed by atoms with Gasteiger partial charge < -0.3 is 57.2 Å². The van der Waals surface area contributed by atoms with Crippen molar-refractivity contribution in [3.8, 4) is 39.9 Å². The summed E-state index contributed by atoms with van der Waals surface area (Å²) in [6, 6.07) is 9.32. The van der Waals surface area contributed by atoms with E-state index in [1.807, 2.05) is 30.3 Å². The Morgan fingerprint density at radius 3 is 2.29 bits per heavy atom. The second-order valence-corrected chi connectivity index (χ2v) is 13.6. The molecule has 0 bridgehead atoms. The van der Waals surface area contributed by atoms with Gasteiger partial charge in [-0.3, -0.25) is 0 Å². The zero-order valence-corrected chi connectivity index (χ0v) is 30.8. The third-order valence-electron chi connectivity index (χ3n) is 10.5. The largest absolute Gasteiger partial charge is 0.493 e. The van der Waals surface area contributed by atoms with E-state index in [2.05, 4.69) is 16.8 Å². The molecule has 4 aliphatic rings. The van der Waals surface area contributed by atoms with Crippen LogP contribution in [-0.2, 0) is 30.3 Å². The third kappa shape index (κ3) is 7.35. The van der Waals surface area contributed by atoms with Crippen molar-refractivity contribution in [3.05, 3.63) is 41.5 Å². The Kier molecular flexibility index (Phi) is 11.5. The highest BCUT2D eigenvalue weighted by atomic mass is 16.7. The Bertz CT molecular complexity index is 1730. The Labute approximate surface area is 304 Å². The minimum absolute atomic E-state index is 0.0200. The van der Waals surface area contributed by atoms with Gasteiger partial charge in [0.1, 0.15) is 30.7 Å². The van der Waals surface area contributed by atoms with Crippen LogP contribution in [0.3, 0.4) is 0 Å². The van der Waals surface area contributed by atoms with E-state index in [-0.39, 0.29) is 26.1 Å². The van der Waals surface area contributed by atoms with Crippen LogP contribution in [0.5, 0.6) is 28.7 Å². The molecule has 0 amide bonds. The maximum atomic E-state index is 13.6. The fraction of sp³-hybridized carbons (Fsp3) is 0.564. The van der Waals surface area contributed by atoms with Gasteiger partial charge in [0.15, 0.2) is 23.0 Å². The van der Waals surface area contributed by atoms with Crippen molar-refractivity contribution in [2.45, 2.75) is 56.9 Å². The molecule has 4 atom stereocenters. The van der Waals surface area contributed by atoms with Crippen molar-refractivity contribution in [1.82, 2.24) is 9.80 Å². The minimum Gasteiger partial charge on any atom is -0.493 e. The van der Waals surface area contributed by atoms with Crippen LogP contribution >= 0.6 is 0 Å². The van der Waals surface area contributed by atoms with Gasteiger partial charge in [-0.1, -0.05) is 18.9 Å². The Balaban J connectivity index is 1.17. The first-order valence-corrected chi connectivity index (χ1v) is 18.1. The highest BCUT2D eigenvalue weighted by Gasteiger charge is 2.45. The summed E-state index contributed by atoms with van der Waals surface area (Å²) < 4.78 is 59.8. The van der Waals surface area contributed by atoms with Crippen LogP contribution in [0.1, 0.15) is 41.6 Å². The van der Waals surface area contributed by atoms with Gasteiger partial charge in [-0.2, -0.15) is 0 Å². The molecule has 13 nitrogen and oxygen atoms in total. The fourth-order valence-corrected chi connectivity index (χ4v) is 7.60. The molecule has 0 radical (unpaired) electrons. The van der Waals surface area contributed by atoms with Crippen LogP contribution in [0.25, 0.3) is 21.9 Å². The van der Waals surface area contributed by atoms with Crippen LogP contribution < -0.4 is 23.7 Å².